The highest BCUT2D eigenvalue weighted by atomic mass is 32.2. The predicted molar refractivity (Wildman–Crippen MR) is 89.8 cm³/mol. The number of carbonyl (C=O) groups excluding carboxylic acids is 1. The molecule has 5 nitrogen and oxygen atoms in total. The van der Waals surface area contributed by atoms with Crippen LogP contribution < -0.4 is 5.32 Å². The maximum Gasteiger partial charge on any atom is 0.311 e. The van der Waals surface area contributed by atoms with E-state index in [0.717, 1.165) is 10.5 Å². The van der Waals surface area contributed by atoms with Gasteiger partial charge in [-0.3, -0.25) is 9.59 Å². The zero-order valence-corrected chi connectivity index (χ0v) is 14.4. The Morgan fingerprint density at radius 2 is 2.00 bits per heavy atom. The normalized spacial score (nSPS) is 16.8. The van der Waals surface area contributed by atoms with Crippen molar-refractivity contribution in [2.24, 2.45) is 5.41 Å². The van der Waals surface area contributed by atoms with Crippen LogP contribution in [0.25, 0.3) is 0 Å². The maximum atomic E-state index is 12.0. The molecule has 0 spiro atoms. The van der Waals surface area contributed by atoms with Crippen LogP contribution in [0, 0.1) is 19.3 Å². The van der Waals surface area contributed by atoms with E-state index in [2.05, 4.69) is 11.4 Å². The van der Waals surface area contributed by atoms with E-state index >= 15 is 0 Å². The minimum atomic E-state index is -0.891. The zero-order chi connectivity index (χ0) is 16.9. The number of hydrogen-bond acceptors (Lipinski definition) is 4. The van der Waals surface area contributed by atoms with Crippen molar-refractivity contribution in [1.29, 1.82) is 0 Å². The van der Waals surface area contributed by atoms with Crippen LogP contribution in [-0.2, 0) is 14.3 Å². The van der Waals surface area contributed by atoms with Crippen molar-refractivity contribution in [3.63, 3.8) is 0 Å². The minimum absolute atomic E-state index is 0.137. The molecule has 23 heavy (non-hydrogen) atoms. The van der Waals surface area contributed by atoms with Gasteiger partial charge in [-0.25, -0.2) is 0 Å². The van der Waals surface area contributed by atoms with E-state index in [1.165, 1.54) is 17.3 Å². The number of nitrogens with one attached hydrogen (secondary N) is 1. The van der Waals surface area contributed by atoms with Crippen molar-refractivity contribution < 1.29 is 19.4 Å². The Morgan fingerprint density at radius 3 is 2.61 bits per heavy atom. The van der Waals surface area contributed by atoms with Crippen LogP contribution in [0.15, 0.2) is 23.1 Å². The maximum absolute atomic E-state index is 12.0. The Balaban J connectivity index is 1.85. The lowest BCUT2D eigenvalue weighted by Crippen LogP contribution is -2.46. The number of aliphatic carboxylic acids is 1. The molecule has 1 aromatic carbocycles. The quantitative estimate of drug-likeness (QED) is 0.780. The lowest BCUT2D eigenvalue weighted by molar-refractivity contribution is -0.154. The number of ether oxygens (including phenoxy) is 1. The van der Waals surface area contributed by atoms with E-state index in [1.807, 2.05) is 26.0 Å². The molecular formula is C17H23NO4S. The number of benzene rings is 1. The van der Waals surface area contributed by atoms with Crippen LogP contribution in [0.5, 0.6) is 0 Å². The van der Waals surface area contributed by atoms with Gasteiger partial charge in [-0.1, -0.05) is 17.7 Å². The third-order valence-corrected chi connectivity index (χ3v) is 5.39. The molecule has 0 bridgehead atoms. The molecule has 1 fully saturated rings. The smallest absolute Gasteiger partial charge is 0.311 e. The van der Waals surface area contributed by atoms with Gasteiger partial charge in [0.15, 0.2) is 0 Å². The molecule has 0 aromatic heterocycles. The third-order valence-electron chi connectivity index (χ3n) is 4.22. The summed E-state index contributed by atoms with van der Waals surface area (Å²) in [5.74, 6) is -0.707. The molecule has 1 amide bonds. The molecule has 2 N–H and O–H groups in total. The second-order valence-corrected chi connectivity index (χ2v) is 7.05. The topological polar surface area (TPSA) is 75.6 Å². The van der Waals surface area contributed by atoms with Crippen molar-refractivity contribution in [2.45, 2.75) is 31.6 Å². The Labute approximate surface area is 140 Å². The van der Waals surface area contributed by atoms with Crippen LogP contribution in [0.4, 0.5) is 0 Å². The summed E-state index contributed by atoms with van der Waals surface area (Å²) in [6.45, 7) is 5.08. The van der Waals surface area contributed by atoms with Gasteiger partial charge in [0.05, 0.1) is 11.2 Å². The second kappa shape index (κ2) is 7.84. The number of carbonyl (C=O) groups is 2. The number of thioether (sulfide) groups is 1. The van der Waals surface area contributed by atoms with Crippen LogP contribution in [-0.4, -0.2) is 42.5 Å². The van der Waals surface area contributed by atoms with E-state index in [0.29, 0.717) is 26.1 Å². The molecule has 1 aromatic rings. The average molecular weight is 337 g/mol. The Bertz CT molecular complexity index is 582. The summed E-state index contributed by atoms with van der Waals surface area (Å²) in [4.78, 5) is 24.7. The molecule has 0 saturated carbocycles. The SMILES string of the molecule is Cc1ccc(SCC(=O)NCC2(C(=O)O)CCOCC2)c(C)c1. The average Bonchev–Trinajstić information content (AvgIpc) is 2.53. The van der Waals surface area contributed by atoms with Crippen molar-refractivity contribution in [3.8, 4) is 0 Å². The van der Waals surface area contributed by atoms with Gasteiger partial charge in [-0.05, 0) is 38.3 Å². The van der Waals surface area contributed by atoms with Gasteiger partial charge in [-0.2, -0.15) is 0 Å². The van der Waals surface area contributed by atoms with Crippen molar-refractivity contribution >= 4 is 23.6 Å². The molecule has 0 radical (unpaired) electrons. The van der Waals surface area contributed by atoms with Crippen LogP contribution >= 0.6 is 11.8 Å². The van der Waals surface area contributed by atoms with Crippen molar-refractivity contribution in [3.05, 3.63) is 29.3 Å². The standard InChI is InChI=1S/C17H23NO4S/c1-12-3-4-14(13(2)9-12)23-10-15(19)18-11-17(16(20)21)5-7-22-8-6-17/h3-4,9H,5-8,10-11H2,1-2H3,(H,18,19)(H,20,21). The number of carboxylic acids is 1. The summed E-state index contributed by atoms with van der Waals surface area (Å²) >= 11 is 1.47. The van der Waals surface area contributed by atoms with Gasteiger partial charge in [0.25, 0.3) is 0 Å². The fourth-order valence-corrected chi connectivity index (χ4v) is 3.49. The van der Waals surface area contributed by atoms with E-state index in [1.54, 1.807) is 0 Å². The minimum Gasteiger partial charge on any atom is -0.481 e. The highest BCUT2D eigenvalue weighted by Crippen LogP contribution is 2.30. The van der Waals surface area contributed by atoms with Gasteiger partial charge in [0.2, 0.25) is 5.91 Å². The summed E-state index contributed by atoms with van der Waals surface area (Å²) in [7, 11) is 0. The van der Waals surface area contributed by atoms with E-state index in [9.17, 15) is 14.7 Å². The first-order chi connectivity index (χ1) is 10.9. The predicted octanol–water partition coefficient (Wildman–Crippen LogP) is 2.39. The van der Waals surface area contributed by atoms with Crippen LogP contribution in [0.3, 0.4) is 0 Å². The van der Waals surface area contributed by atoms with Crippen LogP contribution in [0.2, 0.25) is 0 Å². The Morgan fingerprint density at radius 1 is 1.30 bits per heavy atom. The Kier molecular flexibility index (Phi) is 6.07. The molecule has 126 valence electrons. The second-order valence-electron chi connectivity index (χ2n) is 6.03. The first-order valence-electron chi connectivity index (χ1n) is 7.71. The molecule has 0 aliphatic carbocycles. The van der Waals surface area contributed by atoms with Gasteiger partial charge < -0.3 is 15.2 Å². The van der Waals surface area contributed by atoms with Crippen molar-refractivity contribution in [1.82, 2.24) is 5.32 Å². The number of hydrogen-bond donors (Lipinski definition) is 2. The largest absolute Gasteiger partial charge is 0.481 e. The molecule has 1 aliphatic rings. The highest BCUT2D eigenvalue weighted by Gasteiger charge is 2.40. The van der Waals surface area contributed by atoms with Gasteiger partial charge >= 0.3 is 5.97 Å². The first-order valence-corrected chi connectivity index (χ1v) is 8.69. The molecule has 6 heteroatoms. The molecule has 1 heterocycles. The monoisotopic (exact) mass is 337 g/mol. The van der Waals surface area contributed by atoms with Crippen molar-refractivity contribution in [2.75, 3.05) is 25.5 Å². The van der Waals surface area contributed by atoms with E-state index < -0.39 is 11.4 Å². The number of rotatable bonds is 6. The molecule has 0 atom stereocenters. The number of amides is 1. The fraction of sp³-hybridized carbons (Fsp3) is 0.529. The molecule has 1 aliphatic heterocycles. The highest BCUT2D eigenvalue weighted by molar-refractivity contribution is 8.00. The number of carboxylic acid groups (broad SMARTS) is 1. The molecular weight excluding hydrogens is 314 g/mol. The first kappa shape index (κ1) is 17.8. The van der Waals surface area contributed by atoms with Crippen LogP contribution in [0.1, 0.15) is 24.0 Å². The molecule has 2 rings (SSSR count). The summed E-state index contributed by atoms with van der Waals surface area (Å²) in [6, 6.07) is 6.12. The Hall–Kier alpha value is -1.53. The lowest BCUT2D eigenvalue weighted by atomic mass is 9.80. The summed E-state index contributed by atoms with van der Waals surface area (Å²) < 4.78 is 5.23. The van der Waals surface area contributed by atoms with Gasteiger partial charge in [0.1, 0.15) is 0 Å². The van der Waals surface area contributed by atoms with E-state index in [4.69, 9.17) is 4.74 Å². The summed E-state index contributed by atoms with van der Waals surface area (Å²) in [5.41, 5.74) is 1.45. The number of aryl methyl sites for hydroxylation is 2. The summed E-state index contributed by atoms with van der Waals surface area (Å²) in [6.07, 6.45) is 0.875. The lowest BCUT2D eigenvalue weighted by Gasteiger charge is -2.33. The molecule has 0 unspecified atom stereocenters. The summed E-state index contributed by atoms with van der Waals surface area (Å²) in [5, 5.41) is 12.2. The zero-order valence-electron chi connectivity index (χ0n) is 13.6. The van der Waals surface area contributed by atoms with Gasteiger partial charge in [-0.15, -0.1) is 11.8 Å². The van der Waals surface area contributed by atoms with E-state index in [-0.39, 0.29) is 18.2 Å². The molecule has 1 saturated heterocycles. The fourth-order valence-electron chi connectivity index (χ4n) is 2.65. The third kappa shape index (κ3) is 4.72. The van der Waals surface area contributed by atoms with Gasteiger partial charge in [0, 0.05) is 24.7 Å².